The molecule has 1 fully saturated rings. The molecule has 0 unspecified atom stereocenters. The van der Waals surface area contributed by atoms with E-state index in [9.17, 15) is 4.79 Å². The van der Waals surface area contributed by atoms with Crippen LogP contribution in [0.3, 0.4) is 0 Å². The number of tetrazole rings is 1. The number of aromatic amines is 1. The first-order chi connectivity index (χ1) is 19.0. The van der Waals surface area contributed by atoms with E-state index in [-0.39, 0.29) is 5.56 Å². The number of rotatable bonds is 7. The van der Waals surface area contributed by atoms with Gasteiger partial charge in [-0.3, -0.25) is 4.79 Å². The second-order valence-electron chi connectivity index (χ2n) is 9.62. The monoisotopic (exact) mass is 523 g/mol. The summed E-state index contributed by atoms with van der Waals surface area (Å²) in [5.41, 5.74) is 5.06. The van der Waals surface area contributed by atoms with Crippen molar-refractivity contribution in [2.45, 2.75) is 13.5 Å². The molecule has 5 aromatic rings. The van der Waals surface area contributed by atoms with Crippen molar-refractivity contribution in [2.75, 3.05) is 43.4 Å². The van der Waals surface area contributed by atoms with Gasteiger partial charge in [-0.25, -0.2) is 14.3 Å². The smallest absolute Gasteiger partial charge is 0.278 e. The highest BCUT2D eigenvalue weighted by Crippen LogP contribution is 2.27. The summed E-state index contributed by atoms with van der Waals surface area (Å²) in [6.07, 6.45) is 3.24. The van der Waals surface area contributed by atoms with Crippen molar-refractivity contribution in [2.24, 2.45) is 0 Å². The summed E-state index contributed by atoms with van der Waals surface area (Å²) < 4.78 is 3.36. The maximum absolute atomic E-state index is 13.3. The predicted octanol–water partition coefficient (Wildman–Crippen LogP) is 2.75. The predicted molar refractivity (Wildman–Crippen MR) is 151 cm³/mol. The minimum Gasteiger partial charge on any atom is -0.369 e. The Bertz CT molecular complexity index is 1700. The lowest BCUT2D eigenvalue weighted by atomic mass is 10.1. The Hall–Kier alpha value is -4.84. The van der Waals surface area contributed by atoms with Crippen LogP contribution in [0.25, 0.3) is 28.1 Å². The number of hydrogen-bond donors (Lipinski definition) is 2. The summed E-state index contributed by atoms with van der Waals surface area (Å²) >= 11 is 0. The van der Waals surface area contributed by atoms with Gasteiger partial charge in [-0.1, -0.05) is 18.2 Å². The van der Waals surface area contributed by atoms with Crippen molar-refractivity contribution >= 4 is 28.4 Å². The van der Waals surface area contributed by atoms with E-state index in [4.69, 9.17) is 4.98 Å². The van der Waals surface area contributed by atoms with E-state index in [1.807, 2.05) is 30.3 Å². The van der Waals surface area contributed by atoms with Crippen LogP contribution < -0.4 is 15.8 Å². The number of aromatic nitrogens is 8. The molecular weight excluding hydrogens is 494 g/mol. The zero-order valence-corrected chi connectivity index (χ0v) is 21.9. The molecule has 1 saturated heterocycles. The number of nitrogens with zero attached hydrogens (tertiary/aromatic N) is 9. The fourth-order valence-electron chi connectivity index (χ4n) is 4.96. The van der Waals surface area contributed by atoms with E-state index in [0.717, 1.165) is 43.1 Å². The van der Waals surface area contributed by atoms with Crippen LogP contribution in [0.2, 0.25) is 0 Å². The molecule has 0 spiro atoms. The van der Waals surface area contributed by atoms with E-state index >= 15 is 0 Å². The highest BCUT2D eigenvalue weighted by atomic mass is 16.1. The molecule has 2 aromatic carbocycles. The lowest BCUT2D eigenvalue weighted by Gasteiger charge is -2.35. The van der Waals surface area contributed by atoms with Crippen LogP contribution in [0.15, 0.2) is 66.1 Å². The molecule has 198 valence electrons. The molecule has 12 nitrogen and oxygen atoms in total. The zero-order valence-electron chi connectivity index (χ0n) is 21.9. The molecule has 39 heavy (non-hydrogen) atoms. The average molecular weight is 524 g/mol. The molecule has 4 heterocycles. The SMILES string of the molecule is C=CCn1c(=O)c2cnc(Nc3ccc(N4CCN(C)CC4)c(C)c3)nc2n1-c1cccc(-c2nn[nH]n2)c1. The number of H-pyrrole nitrogens is 1. The molecule has 0 amide bonds. The van der Waals surface area contributed by atoms with E-state index in [0.29, 0.717) is 29.4 Å². The molecule has 6 rings (SSSR count). The summed E-state index contributed by atoms with van der Waals surface area (Å²) in [6, 6.07) is 13.8. The van der Waals surface area contributed by atoms with Gasteiger partial charge in [-0.05, 0) is 55.1 Å². The molecule has 2 N–H and O–H groups in total. The average Bonchev–Trinajstić information content (AvgIpc) is 3.57. The number of allylic oxidation sites excluding steroid dienone is 1. The Balaban J connectivity index is 1.37. The third kappa shape index (κ3) is 4.66. The molecular formula is C27H29N11O. The molecule has 0 saturated carbocycles. The number of aryl methyl sites for hydroxylation is 1. The number of nitrogens with one attached hydrogen (secondary N) is 2. The van der Waals surface area contributed by atoms with Crippen molar-refractivity contribution < 1.29 is 0 Å². The van der Waals surface area contributed by atoms with E-state index in [1.165, 1.54) is 11.3 Å². The number of fused-ring (bicyclic) bond motifs is 1. The van der Waals surface area contributed by atoms with E-state index in [1.54, 1.807) is 21.6 Å². The normalized spacial score (nSPS) is 14.2. The van der Waals surface area contributed by atoms with Crippen LogP contribution in [0, 0.1) is 6.92 Å². The molecule has 0 bridgehead atoms. The Morgan fingerprint density at radius 2 is 1.97 bits per heavy atom. The van der Waals surface area contributed by atoms with Gasteiger partial charge in [0.1, 0.15) is 5.39 Å². The van der Waals surface area contributed by atoms with Crippen LogP contribution in [0.5, 0.6) is 0 Å². The maximum atomic E-state index is 13.3. The van der Waals surface area contributed by atoms with Crippen molar-refractivity contribution in [3.05, 3.63) is 77.2 Å². The van der Waals surface area contributed by atoms with E-state index < -0.39 is 0 Å². The second-order valence-corrected chi connectivity index (χ2v) is 9.62. The fraction of sp³-hybridized carbons (Fsp3) is 0.259. The van der Waals surface area contributed by atoms with Crippen molar-refractivity contribution in [3.8, 4) is 17.1 Å². The van der Waals surface area contributed by atoms with Crippen molar-refractivity contribution in [1.82, 2.24) is 44.9 Å². The van der Waals surface area contributed by atoms with Crippen molar-refractivity contribution in [3.63, 3.8) is 0 Å². The molecule has 0 radical (unpaired) electrons. The number of likely N-dealkylation sites (N-methyl/N-ethyl adjacent to an activating group) is 1. The number of piperazine rings is 1. The van der Waals surface area contributed by atoms with E-state index in [2.05, 4.69) is 73.4 Å². The maximum Gasteiger partial charge on any atom is 0.278 e. The Morgan fingerprint density at radius 1 is 1.13 bits per heavy atom. The molecule has 1 aliphatic rings. The van der Waals surface area contributed by atoms with Gasteiger partial charge >= 0.3 is 0 Å². The molecule has 1 aliphatic heterocycles. The van der Waals surface area contributed by atoms with Gasteiger partial charge in [0.25, 0.3) is 5.56 Å². The third-order valence-corrected chi connectivity index (χ3v) is 6.97. The standard InChI is InChI=1S/C27H29N11O/c1-4-10-37-26(39)22-17-28-27(29-20-8-9-23(18(2)15-20)36-13-11-35(3)12-14-36)30-25(22)38(37)21-7-5-6-19(16-21)24-31-33-34-32-24/h4-9,15-17H,1,10-14H2,2-3H3,(H,28,29,30)(H,31,32,33,34). The second kappa shape index (κ2) is 10.1. The van der Waals surface area contributed by atoms with Crippen LogP contribution in [-0.2, 0) is 6.54 Å². The van der Waals surface area contributed by atoms with Gasteiger partial charge in [0.05, 0.1) is 12.2 Å². The highest BCUT2D eigenvalue weighted by molar-refractivity contribution is 5.78. The molecule has 0 atom stereocenters. The van der Waals surface area contributed by atoms with Gasteiger partial charge < -0.3 is 15.1 Å². The van der Waals surface area contributed by atoms with Crippen LogP contribution in [0.1, 0.15) is 5.56 Å². The van der Waals surface area contributed by atoms with Crippen LogP contribution in [0.4, 0.5) is 17.3 Å². The summed E-state index contributed by atoms with van der Waals surface area (Å²) in [5.74, 6) is 0.853. The minimum absolute atomic E-state index is 0.200. The Kier molecular flexibility index (Phi) is 6.37. The van der Waals surface area contributed by atoms with Crippen LogP contribution in [-0.4, -0.2) is 78.1 Å². The highest BCUT2D eigenvalue weighted by Gasteiger charge is 2.19. The lowest BCUT2D eigenvalue weighted by molar-refractivity contribution is 0.312. The first-order valence-electron chi connectivity index (χ1n) is 12.8. The number of hydrogen-bond acceptors (Lipinski definition) is 9. The molecule has 12 heteroatoms. The Morgan fingerprint density at radius 3 is 2.72 bits per heavy atom. The first-order valence-corrected chi connectivity index (χ1v) is 12.8. The van der Waals surface area contributed by atoms with Gasteiger partial charge in [-0.2, -0.15) is 10.2 Å². The largest absolute Gasteiger partial charge is 0.369 e. The Labute approximate surface area is 224 Å². The summed E-state index contributed by atoms with van der Waals surface area (Å²) in [7, 11) is 2.16. The minimum atomic E-state index is -0.200. The summed E-state index contributed by atoms with van der Waals surface area (Å²) in [6.45, 7) is 10.4. The number of anilines is 3. The van der Waals surface area contributed by atoms with Gasteiger partial charge in [0, 0.05) is 49.3 Å². The molecule has 3 aromatic heterocycles. The third-order valence-electron chi connectivity index (χ3n) is 6.97. The van der Waals surface area contributed by atoms with Gasteiger partial charge in [0.2, 0.25) is 11.8 Å². The van der Waals surface area contributed by atoms with Crippen LogP contribution >= 0.6 is 0 Å². The number of benzene rings is 2. The summed E-state index contributed by atoms with van der Waals surface area (Å²) in [5, 5.41) is 18.0. The zero-order chi connectivity index (χ0) is 26.9. The molecule has 0 aliphatic carbocycles. The first kappa shape index (κ1) is 24.5. The summed E-state index contributed by atoms with van der Waals surface area (Å²) in [4.78, 5) is 27.3. The lowest BCUT2D eigenvalue weighted by Crippen LogP contribution is -2.44. The fourth-order valence-corrected chi connectivity index (χ4v) is 4.96. The quantitative estimate of drug-likeness (QED) is 0.310. The van der Waals surface area contributed by atoms with Crippen molar-refractivity contribution in [1.29, 1.82) is 0 Å². The van der Waals surface area contributed by atoms with Gasteiger partial charge in [0.15, 0.2) is 5.65 Å². The topological polar surface area (TPSA) is 126 Å². The van der Waals surface area contributed by atoms with Gasteiger partial charge in [-0.15, -0.1) is 16.8 Å².